The number of hydrogen-bond acceptors (Lipinski definition) is 5. The van der Waals surface area contributed by atoms with E-state index in [1.165, 1.54) is 12.1 Å². The van der Waals surface area contributed by atoms with Gasteiger partial charge in [-0.1, -0.05) is 38.1 Å². The minimum atomic E-state index is -0.985. The van der Waals surface area contributed by atoms with Crippen molar-refractivity contribution in [1.82, 2.24) is 20.9 Å². The fourth-order valence-corrected chi connectivity index (χ4v) is 5.00. The Kier molecular flexibility index (Phi) is 9.74. The van der Waals surface area contributed by atoms with Crippen LogP contribution in [0.25, 0.3) is 0 Å². The summed E-state index contributed by atoms with van der Waals surface area (Å²) < 4.78 is 19.2. The van der Waals surface area contributed by atoms with Crippen LogP contribution < -0.4 is 20.7 Å². The van der Waals surface area contributed by atoms with Crippen molar-refractivity contribution < 1.29 is 28.3 Å². The van der Waals surface area contributed by atoms with Crippen LogP contribution in [0.1, 0.15) is 55.5 Å². The van der Waals surface area contributed by atoms with E-state index in [-0.39, 0.29) is 61.1 Å². The normalized spacial score (nSPS) is 22.2. The SMILES string of the molecule is CC(C)[C@H]1COc2ccccc2C(=O)N[C@H](C(=O)NCCc2ccc(F)cc2)CCC(=O)N2CCC[C@@H]2C(=O)N1. The number of carbonyl (C=O) groups is 4. The summed E-state index contributed by atoms with van der Waals surface area (Å²) in [5, 5.41) is 8.65. The lowest BCUT2D eigenvalue weighted by molar-refractivity contribution is -0.139. The summed E-state index contributed by atoms with van der Waals surface area (Å²) in [5.41, 5.74) is 1.11. The van der Waals surface area contributed by atoms with E-state index in [0.717, 1.165) is 5.56 Å². The molecule has 4 rings (SSSR count). The van der Waals surface area contributed by atoms with Crippen molar-refractivity contribution in [1.29, 1.82) is 0 Å². The summed E-state index contributed by atoms with van der Waals surface area (Å²) in [6.45, 7) is 4.82. The summed E-state index contributed by atoms with van der Waals surface area (Å²) in [6.07, 6.45) is 1.81. The third kappa shape index (κ3) is 7.37. The molecule has 0 radical (unpaired) electrons. The second kappa shape index (κ2) is 13.4. The van der Waals surface area contributed by atoms with Crippen LogP contribution in [0.5, 0.6) is 5.75 Å². The molecular weight excluding hydrogens is 515 g/mol. The summed E-state index contributed by atoms with van der Waals surface area (Å²) >= 11 is 0. The third-order valence-electron chi connectivity index (χ3n) is 7.45. The first-order valence-electron chi connectivity index (χ1n) is 13.9. The molecular formula is C30H37FN4O5. The van der Waals surface area contributed by atoms with Crippen molar-refractivity contribution in [3.63, 3.8) is 0 Å². The highest BCUT2D eigenvalue weighted by molar-refractivity contribution is 5.99. The Hall–Kier alpha value is -3.95. The zero-order valence-corrected chi connectivity index (χ0v) is 23.0. The van der Waals surface area contributed by atoms with Gasteiger partial charge in [0.15, 0.2) is 0 Å². The Morgan fingerprint density at radius 3 is 2.58 bits per heavy atom. The molecule has 4 amide bonds. The van der Waals surface area contributed by atoms with E-state index in [1.807, 2.05) is 13.8 Å². The first-order valence-corrected chi connectivity index (χ1v) is 13.9. The first-order chi connectivity index (χ1) is 19.2. The number of benzene rings is 2. The lowest BCUT2D eigenvalue weighted by Crippen LogP contribution is -2.52. The molecule has 0 saturated carbocycles. The molecule has 3 N–H and O–H groups in total. The number of nitrogens with one attached hydrogen (secondary N) is 3. The summed E-state index contributed by atoms with van der Waals surface area (Å²) in [4.78, 5) is 54.5. The van der Waals surface area contributed by atoms with Crippen LogP contribution in [0.4, 0.5) is 4.39 Å². The number of ether oxygens (including phenoxy) is 1. The smallest absolute Gasteiger partial charge is 0.255 e. The Bertz CT molecular complexity index is 1220. The molecule has 40 heavy (non-hydrogen) atoms. The van der Waals surface area contributed by atoms with Gasteiger partial charge in [-0.25, -0.2) is 4.39 Å². The molecule has 1 saturated heterocycles. The van der Waals surface area contributed by atoms with E-state index in [1.54, 1.807) is 41.3 Å². The number of amides is 4. The fraction of sp³-hybridized carbons (Fsp3) is 0.467. The third-order valence-corrected chi connectivity index (χ3v) is 7.45. The molecule has 2 aromatic carbocycles. The molecule has 0 spiro atoms. The fourth-order valence-electron chi connectivity index (χ4n) is 5.00. The van der Waals surface area contributed by atoms with Crippen LogP contribution in [-0.2, 0) is 20.8 Å². The highest BCUT2D eigenvalue weighted by atomic mass is 19.1. The molecule has 2 aliphatic heterocycles. The predicted octanol–water partition coefficient (Wildman–Crippen LogP) is 2.59. The van der Waals surface area contributed by atoms with E-state index >= 15 is 0 Å². The minimum Gasteiger partial charge on any atom is -0.491 e. The second-order valence-corrected chi connectivity index (χ2v) is 10.6. The average molecular weight is 553 g/mol. The van der Waals surface area contributed by atoms with Crippen LogP contribution in [0.3, 0.4) is 0 Å². The van der Waals surface area contributed by atoms with E-state index < -0.39 is 23.9 Å². The Balaban J connectivity index is 1.54. The molecule has 0 bridgehead atoms. The molecule has 2 heterocycles. The van der Waals surface area contributed by atoms with Crippen LogP contribution in [0.15, 0.2) is 48.5 Å². The molecule has 214 valence electrons. The van der Waals surface area contributed by atoms with Crippen molar-refractivity contribution in [3.8, 4) is 5.75 Å². The van der Waals surface area contributed by atoms with Crippen molar-refractivity contribution in [3.05, 3.63) is 65.5 Å². The molecule has 9 nitrogen and oxygen atoms in total. The van der Waals surface area contributed by atoms with Gasteiger partial charge in [0.1, 0.15) is 30.3 Å². The monoisotopic (exact) mass is 552 g/mol. The topological polar surface area (TPSA) is 117 Å². The number of para-hydroxylation sites is 1. The Morgan fingerprint density at radius 1 is 1.07 bits per heavy atom. The van der Waals surface area contributed by atoms with Gasteiger partial charge < -0.3 is 25.6 Å². The van der Waals surface area contributed by atoms with Gasteiger partial charge in [0.05, 0.1) is 11.6 Å². The number of carbonyl (C=O) groups excluding carboxylic acids is 4. The van der Waals surface area contributed by atoms with Crippen molar-refractivity contribution >= 4 is 23.6 Å². The molecule has 2 aromatic rings. The van der Waals surface area contributed by atoms with Gasteiger partial charge in [-0.15, -0.1) is 0 Å². The van der Waals surface area contributed by atoms with E-state index in [0.29, 0.717) is 31.6 Å². The number of hydrogen-bond donors (Lipinski definition) is 3. The summed E-state index contributed by atoms with van der Waals surface area (Å²) in [5.74, 6) is -1.33. The van der Waals surface area contributed by atoms with E-state index in [4.69, 9.17) is 4.74 Å². The molecule has 3 atom stereocenters. The zero-order valence-electron chi connectivity index (χ0n) is 23.0. The standard InChI is InChI=1S/C30H37FN4O5/c1-19(2)24-18-40-26-8-4-3-6-22(26)28(37)33-23(29(38)32-16-15-20-9-11-21(31)12-10-20)13-14-27(36)35-17-5-7-25(35)30(39)34-24/h3-4,6,8-12,19,23-25H,5,7,13-18H2,1-2H3,(H,32,38)(H,33,37)(H,34,39)/t23-,24+,25+/m0/s1. The quantitative estimate of drug-likeness (QED) is 0.527. The lowest BCUT2D eigenvalue weighted by Gasteiger charge is -2.28. The van der Waals surface area contributed by atoms with E-state index in [2.05, 4.69) is 16.0 Å². The van der Waals surface area contributed by atoms with Crippen LogP contribution >= 0.6 is 0 Å². The first kappa shape index (κ1) is 29.0. The molecule has 2 aliphatic rings. The van der Waals surface area contributed by atoms with Crippen LogP contribution in [0.2, 0.25) is 0 Å². The number of fused-ring (bicyclic) bond motifs is 2. The molecule has 0 unspecified atom stereocenters. The van der Waals surface area contributed by atoms with Gasteiger partial charge in [-0.05, 0) is 61.4 Å². The van der Waals surface area contributed by atoms with Crippen LogP contribution in [-0.4, -0.2) is 66.4 Å². The summed E-state index contributed by atoms with van der Waals surface area (Å²) in [6, 6.07) is 10.9. The van der Waals surface area contributed by atoms with Crippen LogP contribution in [0, 0.1) is 11.7 Å². The Labute approximate surface area is 233 Å². The van der Waals surface area contributed by atoms with Crippen molar-refractivity contribution in [2.24, 2.45) is 5.92 Å². The molecule has 10 heteroatoms. The van der Waals surface area contributed by atoms with Gasteiger partial charge in [-0.2, -0.15) is 0 Å². The number of rotatable bonds is 5. The highest BCUT2D eigenvalue weighted by Crippen LogP contribution is 2.22. The number of halogens is 1. The van der Waals surface area contributed by atoms with Gasteiger partial charge in [0.2, 0.25) is 17.7 Å². The van der Waals surface area contributed by atoms with Crippen molar-refractivity contribution in [2.75, 3.05) is 19.7 Å². The van der Waals surface area contributed by atoms with E-state index in [9.17, 15) is 23.6 Å². The van der Waals surface area contributed by atoms with Crippen molar-refractivity contribution in [2.45, 2.75) is 64.1 Å². The maximum atomic E-state index is 13.3. The van der Waals surface area contributed by atoms with Gasteiger partial charge in [-0.3, -0.25) is 19.2 Å². The predicted molar refractivity (Wildman–Crippen MR) is 147 cm³/mol. The summed E-state index contributed by atoms with van der Waals surface area (Å²) in [7, 11) is 0. The second-order valence-electron chi connectivity index (χ2n) is 10.6. The molecule has 1 fully saturated rings. The Morgan fingerprint density at radius 2 is 1.82 bits per heavy atom. The lowest BCUT2D eigenvalue weighted by atomic mass is 10.0. The maximum absolute atomic E-state index is 13.3. The minimum absolute atomic E-state index is 0.00807. The highest BCUT2D eigenvalue weighted by Gasteiger charge is 2.36. The molecule has 0 aromatic heterocycles. The van der Waals surface area contributed by atoms with Gasteiger partial charge in [0.25, 0.3) is 5.91 Å². The molecule has 0 aliphatic carbocycles. The number of nitrogens with zero attached hydrogens (tertiary/aromatic N) is 1. The maximum Gasteiger partial charge on any atom is 0.255 e. The zero-order chi connectivity index (χ0) is 28.6. The van der Waals surface area contributed by atoms with Gasteiger partial charge in [0, 0.05) is 19.5 Å². The largest absolute Gasteiger partial charge is 0.491 e. The average Bonchev–Trinajstić information content (AvgIpc) is 3.44. The van der Waals surface area contributed by atoms with Gasteiger partial charge >= 0.3 is 0 Å².